The predicted molar refractivity (Wildman–Crippen MR) is 149 cm³/mol. The normalized spacial score (nSPS) is 19.1. The molecule has 2 aromatic rings. The average molecular weight is 556 g/mol. The molecule has 0 spiro atoms. The van der Waals surface area contributed by atoms with Crippen molar-refractivity contribution in [2.75, 3.05) is 24.5 Å². The summed E-state index contributed by atoms with van der Waals surface area (Å²) in [4.78, 5) is 36.6. The van der Waals surface area contributed by atoms with E-state index >= 15 is 0 Å². The number of ether oxygens (including phenoxy) is 1. The van der Waals surface area contributed by atoms with Crippen LogP contribution in [0.2, 0.25) is 0 Å². The highest BCUT2D eigenvalue weighted by atomic mass is 32.2. The molecule has 1 atom stereocenters. The van der Waals surface area contributed by atoms with Crippen LogP contribution >= 0.6 is 0 Å². The van der Waals surface area contributed by atoms with Crippen molar-refractivity contribution in [2.45, 2.75) is 70.6 Å². The minimum absolute atomic E-state index is 0.172. The summed E-state index contributed by atoms with van der Waals surface area (Å²) in [6, 6.07) is 7.70. The molecule has 0 radical (unpaired) electrons. The van der Waals surface area contributed by atoms with Crippen molar-refractivity contribution < 1.29 is 22.7 Å². The summed E-state index contributed by atoms with van der Waals surface area (Å²) in [7, 11) is -4.33. The molecule has 0 saturated carbocycles. The molecule has 1 saturated heterocycles. The van der Waals surface area contributed by atoms with Crippen LogP contribution in [-0.4, -0.2) is 61.5 Å². The van der Waals surface area contributed by atoms with Crippen molar-refractivity contribution in [3.63, 3.8) is 0 Å². The van der Waals surface area contributed by atoms with Crippen molar-refractivity contribution in [2.24, 2.45) is 5.92 Å². The van der Waals surface area contributed by atoms with E-state index in [9.17, 15) is 18.0 Å². The molecule has 0 unspecified atom stereocenters. The van der Waals surface area contributed by atoms with Crippen molar-refractivity contribution in [1.29, 1.82) is 0 Å². The SMILES string of the molecule is CC(C)OC(=O)Cc1cccc(S(=O)(=O)NC(=O)c2ccc(C3=CCCNC3)nc2N2C[C@@H](C)CC2(C)C)n1. The number of sulfonamides is 1. The van der Waals surface area contributed by atoms with Gasteiger partial charge < -0.3 is 15.0 Å². The second-order valence-electron chi connectivity index (χ2n) is 11.1. The van der Waals surface area contributed by atoms with Gasteiger partial charge in [0.2, 0.25) is 0 Å². The third kappa shape index (κ3) is 6.83. The third-order valence-electron chi connectivity index (χ3n) is 6.78. The van der Waals surface area contributed by atoms with Gasteiger partial charge in [0.15, 0.2) is 5.03 Å². The van der Waals surface area contributed by atoms with E-state index in [1.165, 1.54) is 18.2 Å². The number of nitrogens with zero attached hydrogens (tertiary/aromatic N) is 3. The quantitative estimate of drug-likeness (QED) is 0.472. The number of nitrogens with one attached hydrogen (secondary N) is 2. The number of pyridine rings is 2. The van der Waals surface area contributed by atoms with Gasteiger partial charge in [-0.1, -0.05) is 19.1 Å². The summed E-state index contributed by atoms with van der Waals surface area (Å²) in [5.74, 6) is -0.464. The second-order valence-corrected chi connectivity index (χ2v) is 12.7. The Morgan fingerprint density at radius 3 is 2.62 bits per heavy atom. The van der Waals surface area contributed by atoms with Gasteiger partial charge in [0.25, 0.3) is 15.9 Å². The average Bonchev–Trinajstić information content (AvgIpc) is 3.15. The zero-order valence-corrected chi connectivity index (χ0v) is 24.0. The van der Waals surface area contributed by atoms with Gasteiger partial charge in [0.1, 0.15) is 5.82 Å². The molecular formula is C28H37N5O5S. The molecular weight excluding hydrogens is 518 g/mol. The number of carbonyl (C=O) groups is 2. The third-order valence-corrected chi connectivity index (χ3v) is 8.01. The zero-order valence-electron chi connectivity index (χ0n) is 23.2. The summed E-state index contributed by atoms with van der Waals surface area (Å²) >= 11 is 0. The van der Waals surface area contributed by atoms with Gasteiger partial charge in [-0.2, -0.15) is 8.42 Å². The Balaban J connectivity index is 1.64. The van der Waals surface area contributed by atoms with E-state index in [1.54, 1.807) is 26.0 Å². The summed E-state index contributed by atoms with van der Waals surface area (Å²) in [6.45, 7) is 12.1. The first-order valence-electron chi connectivity index (χ1n) is 13.3. The van der Waals surface area contributed by atoms with Gasteiger partial charge >= 0.3 is 5.97 Å². The van der Waals surface area contributed by atoms with Gasteiger partial charge in [-0.15, -0.1) is 0 Å². The number of amides is 1. The number of aromatic nitrogens is 2. The summed E-state index contributed by atoms with van der Waals surface area (Å²) in [5, 5.41) is 2.99. The Hall–Kier alpha value is -3.31. The molecule has 39 heavy (non-hydrogen) atoms. The Morgan fingerprint density at radius 2 is 1.97 bits per heavy atom. The van der Waals surface area contributed by atoms with Gasteiger partial charge in [0, 0.05) is 18.6 Å². The zero-order chi connectivity index (χ0) is 28.4. The van der Waals surface area contributed by atoms with Crippen LogP contribution < -0.4 is 14.9 Å². The monoisotopic (exact) mass is 555 g/mol. The predicted octanol–water partition coefficient (Wildman–Crippen LogP) is 3.09. The molecule has 2 N–H and O–H groups in total. The standard InChI is InChI=1S/C28H37N5O5S/c1-18(2)38-25(34)14-21-9-6-10-24(30-21)39(36,37)32-27(35)22-11-12-23(20-8-7-13-29-16-20)31-26(22)33-17-19(3)15-28(33,4)5/h6,8-12,18-19,29H,7,13-17H2,1-5H3,(H,32,35)/t19-/m0/s1. The van der Waals surface area contributed by atoms with Crippen LogP contribution in [0.1, 0.15) is 69.2 Å². The maximum Gasteiger partial charge on any atom is 0.312 e. The molecule has 1 fully saturated rings. The molecule has 0 aromatic carbocycles. The van der Waals surface area contributed by atoms with E-state index in [-0.39, 0.29) is 34.3 Å². The number of rotatable bonds is 8. The highest BCUT2D eigenvalue weighted by molar-refractivity contribution is 7.90. The maximum absolute atomic E-state index is 13.5. The van der Waals surface area contributed by atoms with E-state index < -0.39 is 21.9 Å². The van der Waals surface area contributed by atoms with Crippen LogP contribution in [0.15, 0.2) is 41.4 Å². The first kappa shape index (κ1) is 28.7. The van der Waals surface area contributed by atoms with Crippen LogP contribution in [0.5, 0.6) is 0 Å². The Kier molecular flexibility index (Phi) is 8.41. The van der Waals surface area contributed by atoms with Crippen molar-refractivity contribution in [3.05, 3.63) is 53.4 Å². The van der Waals surface area contributed by atoms with Crippen LogP contribution in [0.3, 0.4) is 0 Å². The molecule has 0 aliphatic carbocycles. The minimum atomic E-state index is -4.33. The number of carbonyl (C=O) groups excluding carboxylic acids is 2. The fourth-order valence-electron chi connectivity index (χ4n) is 5.20. The lowest BCUT2D eigenvalue weighted by atomic mass is 9.97. The van der Waals surface area contributed by atoms with E-state index in [4.69, 9.17) is 9.72 Å². The molecule has 1 amide bonds. The number of hydrogen-bond acceptors (Lipinski definition) is 9. The summed E-state index contributed by atoms with van der Waals surface area (Å²) < 4.78 is 33.7. The topological polar surface area (TPSA) is 131 Å². The summed E-state index contributed by atoms with van der Waals surface area (Å²) in [6.07, 6.45) is 3.46. The van der Waals surface area contributed by atoms with Gasteiger partial charge in [0.05, 0.1) is 29.5 Å². The van der Waals surface area contributed by atoms with E-state index in [0.29, 0.717) is 24.8 Å². The number of anilines is 1. The van der Waals surface area contributed by atoms with Crippen LogP contribution in [-0.2, 0) is 26.0 Å². The molecule has 4 heterocycles. The largest absolute Gasteiger partial charge is 0.463 e. The second kappa shape index (κ2) is 11.4. The minimum Gasteiger partial charge on any atom is -0.463 e. The number of hydrogen-bond donors (Lipinski definition) is 2. The van der Waals surface area contributed by atoms with E-state index in [1.807, 2.05) is 0 Å². The first-order chi connectivity index (χ1) is 18.4. The van der Waals surface area contributed by atoms with Gasteiger partial charge in [-0.3, -0.25) is 9.59 Å². The van der Waals surface area contributed by atoms with Gasteiger partial charge in [-0.25, -0.2) is 14.7 Å². The fraction of sp³-hybridized carbons (Fsp3) is 0.500. The van der Waals surface area contributed by atoms with Crippen molar-refractivity contribution >= 4 is 33.3 Å². The molecule has 2 aromatic heterocycles. The Bertz CT molecular complexity index is 1390. The Labute approximate surface area is 230 Å². The highest BCUT2D eigenvalue weighted by Crippen LogP contribution is 2.38. The molecule has 2 aliphatic rings. The van der Waals surface area contributed by atoms with Crippen molar-refractivity contribution in [1.82, 2.24) is 20.0 Å². The van der Waals surface area contributed by atoms with Crippen LogP contribution in [0, 0.1) is 5.92 Å². The molecule has 2 aliphatic heterocycles. The van der Waals surface area contributed by atoms with Crippen LogP contribution in [0.25, 0.3) is 5.57 Å². The lowest BCUT2D eigenvalue weighted by Gasteiger charge is -2.34. The number of esters is 1. The lowest BCUT2D eigenvalue weighted by Crippen LogP contribution is -2.41. The smallest absolute Gasteiger partial charge is 0.312 e. The Morgan fingerprint density at radius 1 is 1.21 bits per heavy atom. The van der Waals surface area contributed by atoms with Crippen molar-refractivity contribution in [3.8, 4) is 0 Å². The molecule has 11 heteroatoms. The fourth-order valence-corrected chi connectivity index (χ4v) is 6.15. The van der Waals surface area contributed by atoms with E-state index in [0.717, 1.165) is 30.7 Å². The van der Waals surface area contributed by atoms with Gasteiger partial charge in [-0.05, 0) is 82.8 Å². The maximum atomic E-state index is 13.5. The van der Waals surface area contributed by atoms with Crippen LogP contribution in [0.4, 0.5) is 5.82 Å². The molecule has 210 valence electrons. The molecule has 0 bridgehead atoms. The lowest BCUT2D eigenvalue weighted by molar-refractivity contribution is -0.146. The first-order valence-corrected chi connectivity index (χ1v) is 14.8. The molecule has 4 rings (SSSR count). The molecule has 10 nitrogen and oxygen atoms in total. The summed E-state index contributed by atoms with van der Waals surface area (Å²) in [5.41, 5.74) is 1.94. The van der Waals surface area contributed by atoms with E-state index in [2.05, 4.69) is 46.8 Å². The highest BCUT2D eigenvalue weighted by Gasteiger charge is 2.39.